The number of hydrogen-bond acceptors (Lipinski definition) is 2. The molecule has 0 aromatic rings. The number of rotatable bonds is 3. The van der Waals surface area contributed by atoms with Crippen molar-refractivity contribution in [3.63, 3.8) is 0 Å². The molecule has 1 unspecified atom stereocenters. The van der Waals surface area contributed by atoms with Gasteiger partial charge in [0, 0.05) is 12.6 Å². The largest absolute Gasteiger partial charge is 0.395 e. The van der Waals surface area contributed by atoms with Crippen molar-refractivity contribution >= 4 is 0 Å². The van der Waals surface area contributed by atoms with Gasteiger partial charge in [-0.3, -0.25) is 4.90 Å². The molecule has 0 bridgehead atoms. The first-order valence-electron chi connectivity index (χ1n) is 3.84. The molecule has 0 saturated carbocycles. The van der Waals surface area contributed by atoms with Crippen molar-refractivity contribution in [2.45, 2.75) is 18.9 Å². The molecule has 1 aliphatic rings. The molecule has 1 N–H and O–H groups in total. The van der Waals surface area contributed by atoms with E-state index in [9.17, 15) is 0 Å². The van der Waals surface area contributed by atoms with Crippen LogP contribution in [0.15, 0.2) is 12.7 Å². The Balaban J connectivity index is 2.34. The Morgan fingerprint density at radius 2 is 2.50 bits per heavy atom. The van der Waals surface area contributed by atoms with Crippen molar-refractivity contribution in [2.75, 3.05) is 19.7 Å². The third-order valence-corrected chi connectivity index (χ3v) is 2.07. The van der Waals surface area contributed by atoms with Gasteiger partial charge in [-0.25, -0.2) is 0 Å². The van der Waals surface area contributed by atoms with Crippen molar-refractivity contribution in [2.24, 2.45) is 0 Å². The van der Waals surface area contributed by atoms with Gasteiger partial charge >= 0.3 is 0 Å². The van der Waals surface area contributed by atoms with Crippen molar-refractivity contribution in [1.29, 1.82) is 0 Å². The Morgan fingerprint density at radius 1 is 1.70 bits per heavy atom. The normalized spacial score (nSPS) is 27.1. The predicted octanol–water partition coefficient (Wildman–Crippen LogP) is 0.629. The fraction of sp³-hybridized carbons (Fsp3) is 0.750. The van der Waals surface area contributed by atoms with Gasteiger partial charge in [-0.05, 0) is 19.4 Å². The van der Waals surface area contributed by atoms with Crippen LogP contribution in [-0.4, -0.2) is 35.7 Å². The van der Waals surface area contributed by atoms with Crippen LogP contribution < -0.4 is 0 Å². The van der Waals surface area contributed by atoms with E-state index in [1.165, 1.54) is 6.42 Å². The molecule has 1 saturated heterocycles. The van der Waals surface area contributed by atoms with E-state index in [1.807, 2.05) is 6.08 Å². The number of nitrogens with zero attached hydrogens (tertiary/aromatic N) is 1. The van der Waals surface area contributed by atoms with E-state index in [1.54, 1.807) is 0 Å². The molecule has 0 amide bonds. The Kier molecular flexibility index (Phi) is 2.90. The van der Waals surface area contributed by atoms with Gasteiger partial charge in [0.15, 0.2) is 0 Å². The Hall–Kier alpha value is -0.340. The molecule has 2 nitrogen and oxygen atoms in total. The highest BCUT2D eigenvalue weighted by atomic mass is 16.3. The monoisotopic (exact) mass is 141 g/mol. The van der Waals surface area contributed by atoms with Crippen LogP contribution in [0.4, 0.5) is 0 Å². The maximum absolute atomic E-state index is 8.89. The zero-order chi connectivity index (χ0) is 7.40. The minimum absolute atomic E-state index is 0.299. The number of aliphatic hydroxyl groups excluding tert-OH is 1. The molecule has 1 aliphatic heterocycles. The number of aliphatic hydroxyl groups is 1. The molecular weight excluding hydrogens is 126 g/mol. The minimum Gasteiger partial charge on any atom is -0.395 e. The van der Waals surface area contributed by atoms with Gasteiger partial charge < -0.3 is 5.11 Å². The predicted molar refractivity (Wildman–Crippen MR) is 41.9 cm³/mol. The molecule has 1 rings (SSSR count). The average Bonchev–Trinajstić information content (AvgIpc) is 2.36. The van der Waals surface area contributed by atoms with Gasteiger partial charge in [-0.2, -0.15) is 0 Å². The highest BCUT2D eigenvalue weighted by Gasteiger charge is 2.21. The molecule has 0 spiro atoms. The van der Waals surface area contributed by atoms with Crippen molar-refractivity contribution < 1.29 is 5.11 Å². The standard InChI is InChI=1S/C8H15NO/c1-2-5-9-6-3-4-8(9)7-10/h2,8,10H,1,3-7H2. The van der Waals surface area contributed by atoms with E-state index in [4.69, 9.17) is 5.11 Å². The summed E-state index contributed by atoms with van der Waals surface area (Å²) in [6.07, 6.45) is 4.26. The van der Waals surface area contributed by atoms with Gasteiger partial charge in [-0.15, -0.1) is 6.58 Å². The molecule has 58 valence electrons. The fourth-order valence-corrected chi connectivity index (χ4v) is 1.51. The molecule has 0 radical (unpaired) electrons. The molecule has 0 aromatic heterocycles. The molecule has 2 heteroatoms. The van der Waals surface area contributed by atoms with Crippen LogP contribution in [0.3, 0.4) is 0 Å². The molecule has 1 atom stereocenters. The van der Waals surface area contributed by atoms with Gasteiger partial charge in [0.05, 0.1) is 6.61 Å². The van der Waals surface area contributed by atoms with E-state index >= 15 is 0 Å². The summed E-state index contributed by atoms with van der Waals surface area (Å²) >= 11 is 0. The van der Waals surface area contributed by atoms with Crippen LogP contribution in [0.2, 0.25) is 0 Å². The molecule has 1 fully saturated rings. The van der Waals surface area contributed by atoms with Crippen LogP contribution in [0, 0.1) is 0 Å². The van der Waals surface area contributed by atoms with E-state index in [-0.39, 0.29) is 0 Å². The summed E-state index contributed by atoms with van der Waals surface area (Å²) in [5.41, 5.74) is 0. The van der Waals surface area contributed by atoms with E-state index in [2.05, 4.69) is 11.5 Å². The first-order valence-corrected chi connectivity index (χ1v) is 3.84. The van der Waals surface area contributed by atoms with Gasteiger partial charge in [0.2, 0.25) is 0 Å². The van der Waals surface area contributed by atoms with Crippen LogP contribution in [0.25, 0.3) is 0 Å². The fourth-order valence-electron chi connectivity index (χ4n) is 1.51. The third kappa shape index (κ3) is 1.58. The summed E-state index contributed by atoms with van der Waals surface area (Å²) in [6, 6.07) is 0.401. The quantitative estimate of drug-likeness (QED) is 0.583. The molecule has 0 aromatic carbocycles. The second-order valence-electron chi connectivity index (χ2n) is 2.76. The van der Waals surface area contributed by atoms with Crippen molar-refractivity contribution in [3.8, 4) is 0 Å². The lowest BCUT2D eigenvalue weighted by atomic mass is 10.2. The van der Waals surface area contributed by atoms with Gasteiger partial charge in [0.1, 0.15) is 0 Å². The smallest absolute Gasteiger partial charge is 0.0587 e. The summed E-state index contributed by atoms with van der Waals surface area (Å²) in [6.45, 7) is 6.01. The van der Waals surface area contributed by atoms with Crippen LogP contribution in [-0.2, 0) is 0 Å². The van der Waals surface area contributed by atoms with Crippen LogP contribution in [0.1, 0.15) is 12.8 Å². The first kappa shape index (κ1) is 7.76. The third-order valence-electron chi connectivity index (χ3n) is 2.07. The number of hydrogen-bond donors (Lipinski definition) is 1. The minimum atomic E-state index is 0.299. The highest BCUT2D eigenvalue weighted by molar-refractivity contribution is 4.83. The van der Waals surface area contributed by atoms with Gasteiger partial charge in [0.25, 0.3) is 0 Å². The molecular formula is C8H15NO. The molecule has 0 aliphatic carbocycles. The summed E-state index contributed by atoms with van der Waals surface area (Å²) in [5, 5.41) is 8.89. The molecule has 1 heterocycles. The van der Waals surface area contributed by atoms with Crippen LogP contribution in [0.5, 0.6) is 0 Å². The summed E-state index contributed by atoms with van der Waals surface area (Å²) in [7, 11) is 0. The van der Waals surface area contributed by atoms with E-state index in [0.717, 1.165) is 19.5 Å². The lowest BCUT2D eigenvalue weighted by Crippen LogP contribution is -2.32. The lowest BCUT2D eigenvalue weighted by Gasteiger charge is -2.20. The Morgan fingerprint density at radius 3 is 3.10 bits per heavy atom. The highest BCUT2D eigenvalue weighted by Crippen LogP contribution is 2.15. The maximum Gasteiger partial charge on any atom is 0.0587 e. The summed E-state index contributed by atoms with van der Waals surface area (Å²) < 4.78 is 0. The summed E-state index contributed by atoms with van der Waals surface area (Å²) in [4.78, 5) is 2.27. The zero-order valence-corrected chi connectivity index (χ0v) is 6.29. The van der Waals surface area contributed by atoms with Crippen LogP contribution >= 0.6 is 0 Å². The van der Waals surface area contributed by atoms with Gasteiger partial charge in [-0.1, -0.05) is 6.08 Å². The van der Waals surface area contributed by atoms with Crippen molar-refractivity contribution in [3.05, 3.63) is 12.7 Å². The summed E-state index contributed by atoms with van der Waals surface area (Å²) in [5.74, 6) is 0. The average molecular weight is 141 g/mol. The SMILES string of the molecule is C=CCN1CCCC1CO. The second-order valence-corrected chi connectivity index (χ2v) is 2.76. The zero-order valence-electron chi connectivity index (χ0n) is 6.29. The van der Waals surface area contributed by atoms with E-state index in [0.29, 0.717) is 12.6 Å². The van der Waals surface area contributed by atoms with E-state index < -0.39 is 0 Å². The Bertz CT molecular complexity index is 114. The Labute approximate surface area is 62.2 Å². The lowest BCUT2D eigenvalue weighted by molar-refractivity contribution is 0.170. The number of likely N-dealkylation sites (tertiary alicyclic amines) is 1. The maximum atomic E-state index is 8.89. The first-order chi connectivity index (χ1) is 4.88. The second kappa shape index (κ2) is 3.74. The topological polar surface area (TPSA) is 23.5 Å². The van der Waals surface area contributed by atoms with Crippen molar-refractivity contribution in [1.82, 2.24) is 4.90 Å². The molecule has 10 heavy (non-hydrogen) atoms.